The van der Waals surface area contributed by atoms with Gasteiger partial charge in [-0.05, 0) is 42.0 Å². The van der Waals surface area contributed by atoms with Gasteiger partial charge in [-0.1, -0.05) is 32.0 Å². The lowest BCUT2D eigenvalue weighted by Crippen LogP contribution is -2.46. The predicted octanol–water partition coefficient (Wildman–Crippen LogP) is 3.45. The summed E-state index contributed by atoms with van der Waals surface area (Å²) in [6.45, 7) is 5.79. The van der Waals surface area contributed by atoms with Crippen LogP contribution in [0.4, 0.5) is 5.69 Å². The third-order valence-electron chi connectivity index (χ3n) is 3.27. The summed E-state index contributed by atoms with van der Waals surface area (Å²) < 4.78 is 0. The van der Waals surface area contributed by atoms with Crippen LogP contribution in [-0.4, -0.2) is 17.9 Å². The molecule has 4 nitrogen and oxygen atoms in total. The van der Waals surface area contributed by atoms with E-state index in [4.69, 9.17) is 0 Å². The van der Waals surface area contributed by atoms with E-state index in [0.717, 1.165) is 11.3 Å². The van der Waals surface area contributed by atoms with Crippen molar-refractivity contribution in [2.45, 2.75) is 26.8 Å². The molecular formula is C17H20N2O2S. The number of hydrogen-bond donors (Lipinski definition) is 2. The van der Waals surface area contributed by atoms with Crippen LogP contribution in [0.2, 0.25) is 0 Å². The fourth-order valence-electron chi connectivity index (χ4n) is 2.10. The van der Waals surface area contributed by atoms with Gasteiger partial charge in [0.2, 0.25) is 5.91 Å². The maximum Gasteiger partial charge on any atom is 0.262 e. The summed E-state index contributed by atoms with van der Waals surface area (Å²) in [7, 11) is 0. The molecule has 0 radical (unpaired) electrons. The van der Waals surface area contributed by atoms with E-state index in [1.54, 1.807) is 6.07 Å². The summed E-state index contributed by atoms with van der Waals surface area (Å²) in [5.41, 5.74) is 1.81. The van der Waals surface area contributed by atoms with Crippen LogP contribution in [0.3, 0.4) is 0 Å². The van der Waals surface area contributed by atoms with Crippen LogP contribution in [0, 0.1) is 12.8 Å². The van der Waals surface area contributed by atoms with Gasteiger partial charge in [0.1, 0.15) is 6.04 Å². The number of rotatable bonds is 5. The maximum atomic E-state index is 12.4. The van der Waals surface area contributed by atoms with Crippen LogP contribution in [0.15, 0.2) is 41.8 Å². The van der Waals surface area contributed by atoms with Crippen molar-refractivity contribution in [3.63, 3.8) is 0 Å². The van der Waals surface area contributed by atoms with Gasteiger partial charge in [-0.2, -0.15) is 0 Å². The highest BCUT2D eigenvalue weighted by Crippen LogP contribution is 2.13. The number of aryl methyl sites for hydroxylation is 1. The van der Waals surface area contributed by atoms with Gasteiger partial charge in [0, 0.05) is 5.69 Å². The van der Waals surface area contributed by atoms with Gasteiger partial charge >= 0.3 is 0 Å². The molecule has 5 heteroatoms. The van der Waals surface area contributed by atoms with Crippen LogP contribution in [0.25, 0.3) is 0 Å². The Morgan fingerprint density at radius 1 is 1.14 bits per heavy atom. The van der Waals surface area contributed by atoms with Crippen LogP contribution in [0.5, 0.6) is 0 Å². The van der Waals surface area contributed by atoms with E-state index >= 15 is 0 Å². The molecule has 22 heavy (non-hydrogen) atoms. The molecule has 2 aromatic rings. The molecule has 0 spiro atoms. The Balaban J connectivity index is 2.07. The summed E-state index contributed by atoms with van der Waals surface area (Å²) in [5, 5.41) is 7.52. The third-order valence-corrected chi connectivity index (χ3v) is 4.13. The summed E-state index contributed by atoms with van der Waals surface area (Å²) in [6, 6.07) is 10.6. The molecule has 1 aromatic carbocycles. The maximum absolute atomic E-state index is 12.4. The quantitative estimate of drug-likeness (QED) is 0.887. The molecule has 0 bridgehead atoms. The first kappa shape index (κ1) is 16.2. The van der Waals surface area contributed by atoms with Crippen molar-refractivity contribution in [2.24, 2.45) is 5.92 Å². The van der Waals surface area contributed by atoms with Crippen LogP contribution in [0.1, 0.15) is 29.1 Å². The minimum absolute atomic E-state index is 0.00581. The number of amides is 2. The predicted molar refractivity (Wildman–Crippen MR) is 90.2 cm³/mol. The smallest absolute Gasteiger partial charge is 0.262 e. The highest BCUT2D eigenvalue weighted by Gasteiger charge is 2.25. The Labute approximate surface area is 134 Å². The van der Waals surface area contributed by atoms with Gasteiger partial charge in [0.15, 0.2) is 0 Å². The van der Waals surface area contributed by atoms with Crippen molar-refractivity contribution in [1.29, 1.82) is 0 Å². The molecule has 2 N–H and O–H groups in total. The average molecular weight is 316 g/mol. The number of nitrogens with one attached hydrogen (secondary N) is 2. The normalized spacial score (nSPS) is 12.0. The molecule has 0 aliphatic rings. The van der Waals surface area contributed by atoms with Gasteiger partial charge in [0.05, 0.1) is 4.88 Å². The van der Waals surface area contributed by atoms with E-state index < -0.39 is 6.04 Å². The Kier molecular flexibility index (Phi) is 5.33. The summed E-state index contributed by atoms with van der Waals surface area (Å²) in [4.78, 5) is 25.2. The Morgan fingerprint density at radius 2 is 1.91 bits per heavy atom. The zero-order chi connectivity index (χ0) is 16.1. The number of carbonyl (C=O) groups excluding carboxylic acids is 2. The minimum Gasteiger partial charge on any atom is -0.339 e. The zero-order valence-electron chi connectivity index (χ0n) is 12.9. The van der Waals surface area contributed by atoms with E-state index in [-0.39, 0.29) is 17.7 Å². The van der Waals surface area contributed by atoms with E-state index in [9.17, 15) is 9.59 Å². The van der Waals surface area contributed by atoms with Crippen molar-refractivity contribution >= 4 is 28.8 Å². The molecule has 2 amide bonds. The average Bonchev–Trinajstić information content (AvgIpc) is 2.98. The molecule has 0 saturated heterocycles. The van der Waals surface area contributed by atoms with E-state index in [1.165, 1.54) is 11.3 Å². The second-order valence-electron chi connectivity index (χ2n) is 5.53. The number of hydrogen-bond acceptors (Lipinski definition) is 3. The van der Waals surface area contributed by atoms with Crippen molar-refractivity contribution in [1.82, 2.24) is 5.32 Å². The highest BCUT2D eigenvalue weighted by molar-refractivity contribution is 7.12. The first-order valence-corrected chi connectivity index (χ1v) is 8.07. The van der Waals surface area contributed by atoms with E-state index in [1.807, 2.05) is 56.5 Å². The van der Waals surface area contributed by atoms with E-state index in [0.29, 0.717) is 4.88 Å². The Bertz CT molecular complexity index is 650. The topological polar surface area (TPSA) is 58.2 Å². The highest BCUT2D eigenvalue weighted by atomic mass is 32.1. The second kappa shape index (κ2) is 7.22. The molecule has 1 atom stereocenters. The number of thiophene rings is 1. The number of benzene rings is 1. The monoisotopic (exact) mass is 316 g/mol. The van der Waals surface area contributed by atoms with Crippen molar-refractivity contribution in [3.05, 3.63) is 52.2 Å². The fraction of sp³-hybridized carbons (Fsp3) is 0.294. The van der Waals surface area contributed by atoms with E-state index in [2.05, 4.69) is 10.6 Å². The summed E-state index contributed by atoms with van der Waals surface area (Å²) >= 11 is 1.36. The van der Waals surface area contributed by atoms with Gasteiger partial charge in [-0.25, -0.2) is 0 Å². The summed E-state index contributed by atoms with van der Waals surface area (Å²) in [5.74, 6) is -0.424. The number of anilines is 1. The molecule has 1 aromatic heterocycles. The standard InChI is InChI=1S/C17H20N2O2S/c1-11(2)15(19-16(20)14-8-5-9-22-14)17(21)18-13-7-4-6-12(3)10-13/h4-11,15H,1-3H3,(H,18,21)(H,19,20)/t15-/m1/s1. The summed E-state index contributed by atoms with van der Waals surface area (Å²) in [6.07, 6.45) is 0. The molecule has 2 rings (SSSR count). The van der Waals surface area contributed by atoms with Gasteiger partial charge < -0.3 is 10.6 Å². The molecule has 0 saturated carbocycles. The number of carbonyl (C=O) groups is 2. The van der Waals surface area contributed by atoms with Crippen molar-refractivity contribution in [2.75, 3.05) is 5.32 Å². The van der Waals surface area contributed by atoms with Crippen LogP contribution in [-0.2, 0) is 4.79 Å². The van der Waals surface area contributed by atoms with Gasteiger partial charge in [-0.3, -0.25) is 9.59 Å². The molecule has 0 aliphatic carbocycles. The first-order valence-electron chi connectivity index (χ1n) is 7.19. The Hall–Kier alpha value is -2.14. The fourth-order valence-corrected chi connectivity index (χ4v) is 2.72. The first-order chi connectivity index (χ1) is 10.5. The lowest BCUT2D eigenvalue weighted by atomic mass is 10.0. The zero-order valence-corrected chi connectivity index (χ0v) is 13.7. The minimum atomic E-state index is -0.574. The lowest BCUT2D eigenvalue weighted by Gasteiger charge is -2.21. The van der Waals surface area contributed by atoms with Gasteiger partial charge in [0.25, 0.3) is 5.91 Å². The molecular weight excluding hydrogens is 296 g/mol. The Morgan fingerprint density at radius 3 is 2.50 bits per heavy atom. The van der Waals surface area contributed by atoms with Crippen molar-refractivity contribution < 1.29 is 9.59 Å². The molecule has 0 aliphatic heterocycles. The van der Waals surface area contributed by atoms with Gasteiger partial charge in [-0.15, -0.1) is 11.3 Å². The second-order valence-corrected chi connectivity index (χ2v) is 6.48. The molecule has 1 heterocycles. The molecule has 0 fully saturated rings. The van der Waals surface area contributed by atoms with Crippen LogP contribution < -0.4 is 10.6 Å². The third kappa shape index (κ3) is 4.18. The largest absolute Gasteiger partial charge is 0.339 e. The molecule has 116 valence electrons. The van der Waals surface area contributed by atoms with Crippen LogP contribution >= 0.6 is 11.3 Å². The SMILES string of the molecule is Cc1cccc(NC(=O)[C@H](NC(=O)c2cccs2)C(C)C)c1. The van der Waals surface area contributed by atoms with Crippen molar-refractivity contribution in [3.8, 4) is 0 Å². The molecule has 0 unspecified atom stereocenters. The lowest BCUT2D eigenvalue weighted by molar-refractivity contribution is -0.118.